The number of nitrogens with one attached hydrogen (secondary N) is 2. The lowest BCUT2D eigenvalue weighted by atomic mass is 10.1. The molecule has 0 spiro atoms. The summed E-state index contributed by atoms with van der Waals surface area (Å²) in [6.45, 7) is 2.62. The van der Waals surface area contributed by atoms with Gasteiger partial charge in [0.2, 0.25) is 5.91 Å². The molecule has 6 heteroatoms. The zero-order valence-corrected chi connectivity index (χ0v) is 11.6. The highest BCUT2D eigenvalue weighted by Crippen LogP contribution is 2.27. The highest BCUT2D eigenvalue weighted by Gasteiger charge is 2.28. The molecule has 1 aliphatic heterocycles. The molecule has 19 heavy (non-hydrogen) atoms. The van der Waals surface area contributed by atoms with Crippen molar-refractivity contribution in [3.8, 4) is 5.75 Å². The van der Waals surface area contributed by atoms with E-state index in [1.807, 2.05) is 4.90 Å². The summed E-state index contributed by atoms with van der Waals surface area (Å²) < 4.78 is 0. The Labute approximate surface area is 117 Å². The molecular weight excluding hydrogens is 266 g/mol. The first-order valence-corrected chi connectivity index (χ1v) is 6.64. The van der Waals surface area contributed by atoms with Crippen LogP contribution in [0.2, 0.25) is 5.02 Å². The number of likely N-dealkylation sites (N-methyl/N-ethyl adjacent to an activating group) is 1. The van der Waals surface area contributed by atoms with Crippen molar-refractivity contribution in [3.63, 3.8) is 0 Å². The van der Waals surface area contributed by atoms with Crippen LogP contribution in [0, 0.1) is 0 Å². The minimum atomic E-state index is -0.241. The highest BCUT2D eigenvalue weighted by molar-refractivity contribution is 6.31. The minimum Gasteiger partial charge on any atom is -0.508 e. The Bertz CT molecular complexity index is 447. The van der Waals surface area contributed by atoms with Crippen molar-refractivity contribution in [1.82, 2.24) is 15.5 Å². The van der Waals surface area contributed by atoms with Gasteiger partial charge in [-0.05, 0) is 12.1 Å². The molecule has 3 N–H and O–H groups in total. The van der Waals surface area contributed by atoms with E-state index in [0.717, 1.165) is 13.1 Å². The zero-order chi connectivity index (χ0) is 13.8. The molecule has 2 rings (SSSR count). The van der Waals surface area contributed by atoms with Crippen LogP contribution >= 0.6 is 11.6 Å². The molecular formula is C13H18ClN3O2. The number of phenolic OH excluding ortho intramolecular Hbond substituents is 1. The molecule has 1 atom stereocenters. The number of halogens is 1. The fraction of sp³-hybridized carbons (Fsp3) is 0.462. The van der Waals surface area contributed by atoms with Crippen LogP contribution in [0.25, 0.3) is 0 Å². The summed E-state index contributed by atoms with van der Waals surface area (Å²) in [5.41, 5.74) is 0.667. The van der Waals surface area contributed by atoms with Crippen molar-refractivity contribution in [1.29, 1.82) is 0 Å². The maximum Gasteiger partial charge on any atom is 0.238 e. The molecule has 5 nitrogen and oxygen atoms in total. The number of rotatable bonds is 3. The molecule has 1 aromatic carbocycles. The standard InChI is InChI=1S/C13H18ClN3O2/c1-15-13(19)11-7-16-5-6-17(11)8-9-10(14)3-2-4-12(9)18/h2-4,11,16,18H,5-8H2,1H3,(H,15,19). The number of nitrogens with zero attached hydrogens (tertiary/aromatic N) is 1. The molecule has 0 saturated carbocycles. The zero-order valence-electron chi connectivity index (χ0n) is 10.8. The van der Waals surface area contributed by atoms with E-state index in [9.17, 15) is 9.90 Å². The van der Waals surface area contributed by atoms with E-state index in [-0.39, 0.29) is 17.7 Å². The number of hydrogen-bond donors (Lipinski definition) is 3. The van der Waals surface area contributed by atoms with Gasteiger partial charge >= 0.3 is 0 Å². The molecule has 0 bridgehead atoms. The second-order valence-electron chi connectivity index (χ2n) is 4.54. The van der Waals surface area contributed by atoms with Gasteiger partial charge in [-0.15, -0.1) is 0 Å². The first-order chi connectivity index (χ1) is 9.13. The third-order valence-electron chi connectivity index (χ3n) is 3.36. The fourth-order valence-corrected chi connectivity index (χ4v) is 2.50. The number of amides is 1. The maximum absolute atomic E-state index is 11.8. The van der Waals surface area contributed by atoms with Crippen molar-refractivity contribution in [2.45, 2.75) is 12.6 Å². The molecule has 0 radical (unpaired) electrons. The average molecular weight is 284 g/mol. The van der Waals surface area contributed by atoms with Crippen molar-refractivity contribution in [2.75, 3.05) is 26.7 Å². The first-order valence-electron chi connectivity index (χ1n) is 6.26. The van der Waals surface area contributed by atoms with Crippen LogP contribution in [0.1, 0.15) is 5.56 Å². The van der Waals surface area contributed by atoms with Crippen LogP contribution in [0.5, 0.6) is 5.75 Å². The maximum atomic E-state index is 11.8. The predicted octanol–water partition coefficient (Wildman–Crippen LogP) is 0.565. The summed E-state index contributed by atoms with van der Waals surface area (Å²) in [6.07, 6.45) is 0. The fourth-order valence-electron chi connectivity index (χ4n) is 2.27. The molecule has 0 aromatic heterocycles. The average Bonchev–Trinajstić information content (AvgIpc) is 2.42. The van der Waals surface area contributed by atoms with Crippen LogP contribution in [0.15, 0.2) is 18.2 Å². The number of hydrogen-bond acceptors (Lipinski definition) is 4. The lowest BCUT2D eigenvalue weighted by Crippen LogP contribution is -2.56. The summed E-state index contributed by atoms with van der Waals surface area (Å²) in [5, 5.41) is 16.3. The summed E-state index contributed by atoms with van der Waals surface area (Å²) >= 11 is 6.11. The topological polar surface area (TPSA) is 64.6 Å². The van der Waals surface area contributed by atoms with Crippen molar-refractivity contribution in [2.24, 2.45) is 0 Å². The van der Waals surface area contributed by atoms with Crippen molar-refractivity contribution >= 4 is 17.5 Å². The summed E-state index contributed by atoms with van der Waals surface area (Å²) in [4.78, 5) is 13.9. The van der Waals surface area contributed by atoms with Crippen LogP contribution in [-0.2, 0) is 11.3 Å². The van der Waals surface area contributed by atoms with Gasteiger partial charge in [-0.2, -0.15) is 0 Å². The van der Waals surface area contributed by atoms with Crippen LogP contribution < -0.4 is 10.6 Å². The van der Waals surface area contributed by atoms with E-state index < -0.39 is 0 Å². The lowest BCUT2D eigenvalue weighted by molar-refractivity contribution is -0.126. The van der Waals surface area contributed by atoms with Crippen molar-refractivity contribution < 1.29 is 9.90 Å². The number of aromatic hydroxyl groups is 1. The van der Waals surface area contributed by atoms with E-state index in [1.54, 1.807) is 25.2 Å². The monoisotopic (exact) mass is 283 g/mol. The van der Waals surface area contributed by atoms with Crippen LogP contribution in [0.3, 0.4) is 0 Å². The van der Waals surface area contributed by atoms with Gasteiger partial charge in [-0.3, -0.25) is 9.69 Å². The number of carbonyl (C=O) groups excluding carboxylic acids is 1. The molecule has 1 aliphatic rings. The summed E-state index contributed by atoms with van der Waals surface area (Å²) in [7, 11) is 1.63. The van der Waals surface area contributed by atoms with E-state index in [1.165, 1.54) is 0 Å². The van der Waals surface area contributed by atoms with Gasteiger partial charge < -0.3 is 15.7 Å². The molecule has 1 amide bonds. The van der Waals surface area contributed by atoms with Gasteiger partial charge in [0, 0.05) is 43.8 Å². The molecule has 1 saturated heterocycles. The molecule has 1 unspecified atom stereocenters. The van der Waals surface area contributed by atoms with Crippen LogP contribution in [0.4, 0.5) is 0 Å². The van der Waals surface area contributed by atoms with Gasteiger partial charge in [-0.1, -0.05) is 17.7 Å². The lowest BCUT2D eigenvalue weighted by Gasteiger charge is -2.35. The molecule has 104 valence electrons. The molecule has 1 heterocycles. The van der Waals surface area contributed by atoms with E-state index in [2.05, 4.69) is 10.6 Å². The Morgan fingerprint density at radius 1 is 1.63 bits per heavy atom. The van der Waals surface area contributed by atoms with E-state index in [4.69, 9.17) is 11.6 Å². The summed E-state index contributed by atoms with van der Waals surface area (Å²) in [6, 6.07) is 4.82. The largest absolute Gasteiger partial charge is 0.508 e. The number of phenols is 1. The smallest absolute Gasteiger partial charge is 0.238 e. The van der Waals surface area contributed by atoms with Crippen LogP contribution in [-0.4, -0.2) is 48.6 Å². The number of piperazine rings is 1. The van der Waals surface area contributed by atoms with Crippen molar-refractivity contribution in [3.05, 3.63) is 28.8 Å². The van der Waals surface area contributed by atoms with Gasteiger partial charge in [-0.25, -0.2) is 0 Å². The molecule has 1 fully saturated rings. The first kappa shape index (κ1) is 14.1. The Kier molecular flexibility index (Phi) is 4.63. The van der Waals surface area contributed by atoms with E-state index >= 15 is 0 Å². The molecule has 1 aromatic rings. The van der Waals surface area contributed by atoms with Gasteiger partial charge in [0.25, 0.3) is 0 Å². The van der Waals surface area contributed by atoms with Gasteiger partial charge in [0.05, 0.1) is 0 Å². The third kappa shape index (κ3) is 3.18. The normalized spacial score (nSPS) is 20.2. The predicted molar refractivity (Wildman–Crippen MR) is 74.3 cm³/mol. The highest BCUT2D eigenvalue weighted by atomic mass is 35.5. The Morgan fingerprint density at radius 3 is 3.11 bits per heavy atom. The Hall–Kier alpha value is -1.30. The second kappa shape index (κ2) is 6.23. The van der Waals surface area contributed by atoms with E-state index in [0.29, 0.717) is 23.7 Å². The Balaban J connectivity index is 2.18. The van der Waals surface area contributed by atoms with Gasteiger partial charge in [0.15, 0.2) is 0 Å². The molecule has 0 aliphatic carbocycles. The SMILES string of the molecule is CNC(=O)C1CNCCN1Cc1c(O)cccc1Cl. The number of benzene rings is 1. The second-order valence-corrected chi connectivity index (χ2v) is 4.95. The minimum absolute atomic E-state index is 0.0289. The van der Waals surface area contributed by atoms with Gasteiger partial charge in [0.1, 0.15) is 11.8 Å². The quantitative estimate of drug-likeness (QED) is 0.759. The summed E-state index contributed by atoms with van der Waals surface area (Å²) in [5.74, 6) is 0.139. The Morgan fingerprint density at radius 2 is 2.42 bits per heavy atom. The third-order valence-corrected chi connectivity index (χ3v) is 3.71. The number of carbonyl (C=O) groups is 1.